The fourth-order valence-corrected chi connectivity index (χ4v) is 8.34. The molecule has 1 aliphatic carbocycles. The normalized spacial score (nSPS) is 12.6. The Balaban J connectivity index is 0.000000407. The van der Waals surface area contributed by atoms with E-state index in [0.717, 1.165) is 56.8 Å². The minimum atomic E-state index is 0.589. The minimum Gasteiger partial charge on any atom is -0.456 e. The first-order valence-corrected chi connectivity index (χ1v) is 18.5. The molecule has 0 amide bonds. The largest absolute Gasteiger partial charge is 0.456 e. The lowest BCUT2D eigenvalue weighted by molar-refractivity contribution is 0.668. The van der Waals surface area contributed by atoms with E-state index in [2.05, 4.69) is 131 Å². The Morgan fingerprint density at radius 1 is 0.635 bits per heavy atom. The summed E-state index contributed by atoms with van der Waals surface area (Å²) in [5.74, 6) is 0.589. The SMILES string of the molecule is C=C(/C=C\C)C(C)C.CCn1c2cc3c(cc2c2cc4c(cc21)oc1cc(C)c(-c2cc5c(cc2C)oc2ccccc25)cc14)-c1ccccc1C3. The number of aromatic nitrogens is 1. The zero-order chi connectivity index (χ0) is 35.8. The third kappa shape index (κ3) is 4.94. The lowest BCUT2D eigenvalue weighted by Crippen LogP contribution is -1.93. The number of furan rings is 2. The van der Waals surface area contributed by atoms with E-state index in [0.29, 0.717) is 5.92 Å². The van der Waals surface area contributed by atoms with Crippen LogP contribution in [0.2, 0.25) is 0 Å². The third-order valence-corrected chi connectivity index (χ3v) is 11.2. The highest BCUT2D eigenvalue weighted by Gasteiger charge is 2.23. The van der Waals surface area contributed by atoms with Crippen LogP contribution in [0.5, 0.6) is 0 Å². The molecule has 0 N–H and O–H groups in total. The van der Waals surface area contributed by atoms with Gasteiger partial charge in [-0.05, 0) is 133 Å². The van der Waals surface area contributed by atoms with Crippen LogP contribution in [0.1, 0.15) is 49.9 Å². The fraction of sp³-hybridized carbons (Fsp3) is 0.184. The first kappa shape index (κ1) is 32.1. The number of para-hydroxylation sites is 1. The molecule has 3 heteroatoms. The van der Waals surface area contributed by atoms with Gasteiger partial charge in [-0.1, -0.05) is 80.6 Å². The van der Waals surface area contributed by atoms with Crippen LogP contribution in [-0.4, -0.2) is 4.57 Å². The molecule has 0 bridgehead atoms. The average Bonchev–Trinajstić information content (AvgIpc) is 3.87. The van der Waals surface area contributed by atoms with E-state index < -0.39 is 0 Å². The van der Waals surface area contributed by atoms with Gasteiger partial charge >= 0.3 is 0 Å². The van der Waals surface area contributed by atoms with Crippen molar-refractivity contribution < 1.29 is 8.83 Å². The first-order valence-electron chi connectivity index (χ1n) is 18.5. The van der Waals surface area contributed by atoms with Crippen molar-refractivity contribution in [3.8, 4) is 22.3 Å². The fourth-order valence-electron chi connectivity index (χ4n) is 8.34. The quantitative estimate of drug-likeness (QED) is 0.174. The molecule has 0 aliphatic heterocycles. The molecule has 52 heavy (non-hydrogen) atoms. The standard InChI is InChI=1S/C41H29NO2.C8H14/c1-4-42-36-16-25-15-24-9-5-6-10-26(24)30(25)19-31(36)32-20-35-34-18-29(23(3)14-40(34)44-41(35)21-37(32)42)28-17-33-27-11-7-8-12-38(27)43-39(33)13-22(28)2;1-5-6-8(4)7(2)3/h5-14,16-21H,4,15H2,1-3H3;5-7H,4H2,1-3H3/b;6-5-. The van der Waals surface area contributed by atoms with E-state index in [4.69, 9.17) is 8.83 Å². The van der Waals surface area contributed by atoms with Crippen molar-refractivity contribution in [2.24, 2.45) is 5.92 Å². The Labute approximate surface area is 304 Å². The van der Waals surface area contributed by atoms with Crippen LogP contribution in [-0.2, 0) is 13.0 Å². The summed E-state index contributed by atoms with van der Waals surface area (Å²) in [6.07, 6.45) is 5.06. The molecule has 3 heterocycles. The summed E-state index contributed by atoms with van der Waals surface area (Å²) >= 11 is 0. The molecule has 1 aliphatic rings. The van der Waals surface area contributed by atoms with Gasteiger partial charge < -0.3 is 13.4 Å². The molecule has 3 aromatic heterocycles. The summed E-state index contributed by atoms with van der Waals surface area (Å²) < 4.78 is 15.2. The van der Waals surface area contributed by atoms with Crippen molar-refractivity contribution in [1.29, 1.82) is 0 Å². The van der Waals surface area contributed by atoms with Crippen LogP contribution in [0.15, 0.2) is 130 Å². The van der Waals surface area contributed by atoms with Crippen molar-refractivity contribution in [2.45, 2.75) is 54.5 Å². The van der Waals surface area contributed by atoms with Gasteiger partial charge in [-0.3, -0.25) is 0 Å². The highest BCUT2D eigenvalue weighted by molar-refractivity contribution is 6.18. The molecule has 6 aromatic carbocycles. The Bertz CT molecular complexity index is 2940. The Morgan fingerprint density at radius 3 is 1.90 bits per heavy atom. The van der Waals surface area contributed by atoms with Gasteiger partial charge in [0.25, 0.3) is 0 Å². The summed E-state index contributed by atoms with van der Waals surface area (Å²) in [4.78, 5) is 0. The maximum Gasteiger partial charge on any atom is 0.137 e. The number of benzene rings is 6. The maximum atomic E-state index is 6.57. The van der Waals surface area contributed by atoms with Crippen molar-refractivity contribution in [3.05, 3.63) is 144 Å². The second-order valence-corrected chi connectivity index (χ2v) is 14.7. The molecule has 0 radical (unpaired) electrons. The molecule has 0 saturated carbocycles. The number of rotatable bonds is 4. The van der Waals surface area contributed by atoms with Crippen LogP contribution in [0, 0.1) is 19.8 Å². The Hall–Kier alpha value is -5.80. The van der Waals surface area contributed by atoms with Crippen LogP contribution in [0.3, 0.4) is 0 Å². The predicted molar refractivity (Wildman–Crippen MR) is 222 cm³/mol. The van der Waals surface area contributed by atoms with Gasteiger partial charge in [0.15, 0.2) is 0 Å². The van der Waals surface area contributed by atoms with Gasteiger partial charge in [0.2, 0.25) is 0 Å². The smallest absolute Gasteiger partial charge is 0.137 e. The van der Waals surface area contributed by atoms with E-state index in [1.165, 1.54) is 71.9 Å². The van der Waals surface area contributed by atoms with E-state index >= 15 is 0 Å². The summed E-state index contributed by atoms with van der Waals surface area (Å²) in [6, 6.07) is 35.7. The van der Waals surface area contributed by atoms with Gasteiger partial charge in [-0.25, -0.2) is 0 Å². The van der Waals surface area contributed by atoms with E-state index in [9.17, 15) is 0 Å². The zero-order valence-corrected chi connectivity index (χ0v) is 30.9. The summed E-state index contributed by atoms with van der Waals surface area (Å²) in [6.45, 7) is 17.7. The number of nitrogens with zero attached hydrogens (tertiary/aromatic N) is 1. The molecule has 0 saturated heterocycles. The predicted octanol–water partition coefficient (Wildman–Crippen LogP) is 14.2. The highest BCUT2D eigenvalue weighted by atomic mass is 16.3. The number of aryl methyl sites for hydroxylation is 3. The van der Waals surface area contributed by atoms with Crippen LogP contribution < -0.4 is 0 Å². The molecular weight excluding hydrogens is 635 g/mol. The molecule has 256 valence electrons. The Kier molecular flexibility index (Phi) is 7.52. The van der Waals surface area contributed by atoms with E-state index in [1.54, 1.807) is 0 Å². The number of allylic oxidation sites excluding steroid dienone is 3. The minimum absolute atomic E-state index is 0.589. The second kappa shape index (κ2) is 12.2. The molecule has 0 spiro atoms. The van der Waals surface area contributed by atoms with Gasteiger partial charge in [-0.15, -0.1) is 0 Å². The zero-order valence-electron chi connectivity index (χ0n) is 30.9. The second-order valence-electron chi connectivity index (χ2n) is 14.7. The van der Waals surface area contributed by atoms with Crippen LogP contribution in [0.25, 0.3) is 87.9 Å². The van der Waals surface area contributed by atoms with Gasteiger partial charge in [0.05, 0.1) is 5.52 Å². The molecule has 9 aromatic rings. The van der Waals surface area contributed by atoms with Gasteiger partial charge in [0.1, 0.15) is 22.3 Å². The van der Waals surface area contributed by atoms with Crippen molar-refractivity contribution in [2.75, 3.05) is 0 Å². The van der Waals surface area contributed by atoms with Crippen molar-refractivity contribution >= 4 is 65.7 Å². The van der Waals surface area contributed by atoms with E-state index in [-0.39, 0.29) is 0 Å². The van der Waals surface area contributed by atoms with Crippen molar-refractivity contribution in [3.63, 3.8) is 0 Å². The molecule has 0 fully saturated rings. The number of hydrogen-bond acceptors (Lipinski definition) is 2. The van der Waals surface area contributed by atoms with Crippen LogP contribution >= 0.6 is 0 Å². The highest BCUT2D eigenvalue weighted by Crippen LogP contribution is 2.44. The molecule has 3 nitrogen and oxygen atoms in total. The van der Waals surface area contributed by atoms with E-state index in [1.807, 2.05) is 31.2 Å². The lowest BCUT2D eigenvalue weighted by Gasteiger charge is -2.10. The summed E-state index contributed by atoms with van der Waals surface area (Å²) in [5.41, 5.74) is 17.9. The third-order valence-electron chi connectivity index (χ3n) is 11.2. The molecular formula is C49H43NO2. The van der Waals surface area contributed by atoms with Crippen LogP contribution in [0.4, 0.5) is 0 Å². The average molecular weight is 678 g/mol. The Morgan fingerprint density at radius 2 is 1.21 bits per heavy atom. The van der Waals surface area contributed by atoms with Crippen molar-refractivity contribution in [1.82, 2.24) is 4.57 Å². The monoisotopic (exact) mass is 677 g/mol. The maximum absolute atomic E-state index is 6.57. The lowest BCUT2D eigenvalue weighted by atomic mass is 9.93. The van der Waals surface area contributed by atoms with Gasteiger partial charge in [-0.2, -0.15) is 0 Å². The van der Waals surface area contributed by atoms with Gasteiger partial charge in [0, 0.05) is 50.4 Å². The molecule has 0 atom stereocenters. The summed E-state index contributed by atoms with van der Waals surface area (Å²) in [5, 5.41) is 7.23. The summed E-state index contributed by atoms with van der Waals surface area (Å²) in [7, 11) is 0. The first-order chi connectivity index (χ1) is 25.2. The number of hydrogen-bond donors (Lipinski definition) is 0. The topological polar surface area (TPSA) is 31.2 Å². The molecule has 10 rings (SSSR count). The molecule has 0 unspecified atom stereocenters. The number of fused-ring (bicyclic) bond motifs is 12.